The van der Waals surface area contributed by atoms with Crippen LogP contribution < -0.4 is 0 Å². The van der Waals surface area contributed by atoms with Gasteiger partial charge in [0.05, 0.1) is 22.1 Å². The highest BCUT2D eigenvalue weighted by Gasteiger charge is 2.20. The minimum absolute atomic E-state index is 0.588. The molecule has 11 aromatic rings. The summed E-state index contributed by atoms with van der Waals surface area (Å²) >= 11 is 0. The lowest BCUT2D eigenvalue weighted by Crippen LogP contribution is -2.00. The van der Waals surface area contributed by atoms with Gasteiger partial charge in [-0.3, -0.25) is 0 Å². The average molecular weight is 717 g/mol. The van der Waals surface area contributed by atoms with Crippen LogP contribution in [-0.2, 0) is 0 Å². The van der Waals surface area contributed by atoms with Crippen LogP contribution in [0.4, 0.5) is 0 Å². The normalized spacial score (nSPS) is 11.6. The molecule has 56 heavy (non-hydrogen) atoms. The second kappa shape index (κ2) is 13.0. The lowest BCUT2D eigenvalue weighted by Gasteiger charge is -2.11. The van der Waals surface area contributed by atoms with E-state index in [2.05, 4.69) is 138 Å². The average Bonchev–Trinajstić information content (AvgIpc) is 3.82. The number of benzene rings is 8. The van der Waals surface area contributed by atoms with E-state index < -0.39 is 0 Å². The number of aromatic nitrogens is 4. The number of hydrogen-bond acceptors (Lipinski definition) is 4. The first kappa shape index (κ1) is 31.9. The van der Waals surface area contributed by atoms with E-state index in [1.807, 2.05) is 60.7 Å². The second-order valence-electron chi connectivity index (χ2n) is 14.0. The van der Waals surface area contributed by atoms with Crippen molar-refractivity contribution < 1.29 is 4.42 Å². The zero-order valence-corrected chi connectivity index (χ0v) is 30.2. The number of nitrogens with zero attached hydrogens (tertiary/aromatic N) is 4. The molecule has 0 aliphatic rings. The molecule has 0 atom stereocenters. The smallest absolute Gasteiger partial charge is 0.164 e. The van der Waals surface area contributed by atoms with Crippen LogP contribution in [0.25, 0.3) is 106 Å². The van der Waals surface area contributed by atoms with E-state index in [1.165, 1.54) is 33.0 Å². The number of rotatable bonds is 6. The summed E-state index contributed by atoms with van der Waals surface area (Å²) in [5.41, 5.74) is 12.3. The van der Waals surface area contributed by atoms with Gasteiger partial charge in [-0.15, -0.1) is 0 Å². The Kier molecular flexibility index (Phi) is 7.42. The summed E-state index contributed by atoms with van der Waals surface area (Å²) in [4.78, 5) is 14.9. The molecule has 0 N–H and O–H groups in total. The van der Waals surface area contributed by atoms with Crippen molar-refractivity contribution in [1.82, 2.24) is 19.5 Å². The fourth-order valence-electron chi connectivity index (χ4n) is 7.97. The Balaban J connectivity index is 1.13. The van der Waals surface area contributed by atoms with Crippen LogP contribution >= 0.6 is 0 Å². The van der Waals surface area contributed by atoms with Gasteiger partial charge in [0, 0.05) is 32.8 Å². The first-order valence-corrected chi connectivity index (χ1v) is 18.8. The van der Waals surface area contributed by atoms with Gasteiger partial charge < -0.3 is 8.98 Å². The van der Waals surface area contributed by atoms with Crippen LogP contribution in [0.5, 0.6) is 0 Å². The summed E-state index contributed by atoms with van der Waals surface area (Å²) in [6.45, 7) is 0. The van der Waals surface area contributed by atoms with Crippen LogP contribution in [0.1, 0.15) is 0 Å². The largest absolute Gasteiger partial charge is 0.456 e. The third-order valence-electron chi connectivity index (χ3n) is 10.7. The molecule has 3 aromatic heterocycles. The van der Waals surface area contributed by atoms with E-state index >= 15 is 0 Å². The zero-order valence-electron chi connectivity index (χ0n) is 30.2. The molecule has 0 radical (unpaired) electrons. The Morgan fingerprint density at radius 3 is 1.29 bits per heavy atom. The van der Waals surface area contributed by atoms with Crippen molar-refractivity contribution in [3.8, 4) is 62.1 Å². The SMILES string of the molecule is c1ccc(-c2ccc3c4ccc(-c5ccccc5)cc4n(-c4cccc5oc6cc(-c7nc(-c8ccccc8)nc(-c8ccccc8)n7)ccc6c45)c3c2)cc1. The molecule has 0 amide bonds. The van der Waals surface area contributed by atoms with Crippen molar-refractivity contribution in [2.75, 3.05) is 0 Å². The molecule has 0 fully saturated rings. The molecule has 262 valence electrons. The van der Waals surface area contributed by atoms with Gasteiger partial charge in [0.1, 0.15) is 11.2 Å². The Bertz CT molecular complexity index is 3070. The molecule has 0 aliphatic carbocycles. The summed E-state index contributed by atoms with van der Waals surface area (Å²) in [5, 5.41) is 4.47. The highest BCUT2D eigenvalue weighted by atomic mass is 16.3. The second-order valence-corrected chi connectivity index (χ2v) is 14.0. The standard InChI is InChI=1S/C51H32N4O/c1-5-14-33(15-6-1)37-24-27-40-41-28-25-38(34-16-7-2-8-17-34)31-45(41)55(44(40)30-37)43-22-13-23-46-48(43)42-29-26-39(32-47(42)56-46)51-53-49(35-18-9-3-10-19-35)52-50(54-51)36-20-11-4-12-21-36/h1-32H. The van der Waals surface area contributed by atoms with Gasteiger partial charge >= 0.3 is 0 Å². The van der Waals surface area contributed by atoms with Crippen LogP contribution in [0.3, 0.4) is 0 Å². The van der Waals surface area contributed by atoms with Crippen molar-refractivity contribution in [2.45, 2.75) is 0 Å². The summed E-state index contributed by atoms with van der Waals surface area (Å²) in [6, 6.07) is 67.6. The topological polar surface area (TPSA) is 56.7 Å². The van der Waals surface area contributed by atoms with Crippen molar-refractivity contribution >= 4 is 43.7 Å². The Labute approximate surface area is 322 Å². The molecule has 5 heteroatoms. The van der Waals surface area contributed by atoms with Crippen LogP contribution in [-0.4, -0.2) is 19.5 Å². The summed E-state index contributed by atoms with van der Waals surface area (Å²) in [7, 11) is 0. The molecular weight excluding hydrogens is 685 g/mol. The van der Waals surface area contributed by atoms with E-state index in [0.717, 1.165) is 55.3 Å². The molecule has 0 saturated carbocycles. The van der Waals surface area contributed by atoms with Crippen LogP contribution in [0, 0.1) is 0 Å². The lowest BCUT2D eigenvalue weighted by molar-refractivity contribution is 0.669. The minimum atomic E-state index is 0.588. The number of fused-ring (bicyclic) bond motifs is 6. The highest BCUT2D eigenvalue weighted by molar-refractivity contribution is 6.15. The monoisotopic (exact) mass is 716 g/mol. The third-order valence-corrected chi connectivity index (χ3v) is 10.7. The van der Waals surface area contributed by atoms with Crippen molar-refractivity contribution in [1.29, 1.82) is 0 Å². The first-order chi connectivity index (χ1) is 27.7. The van der Waals surface area contributed by atoms with E-state index in [1.54, 1.807) is 0 Å². The molecule has 0 saturated heterocycles. The van der Waals surface area contributed by atoms with Gasteiger partial charge in [-0.25, -0.2) is 15.0 Å². The Morgan fingerprint density at radius 2 is 0.768 bits per heavy atom. The fourth-order valence-corrected chi connectivity index (χ4v) is 7.97. The number of furan rings is 1. The zero-order chi connectivity index (χ0) is 37.0. The fraction of sp³-hybridized carbons (Fsp3) is 0. The van der Waals surface area contributed by atoms with Crippen LogP contribution in [0.2, 0.25) is 0 Å². The van der Waals surface area contributed by atoms with E-state index in [-0.39, 0.29) is 0 Å². The molecule has 0 spiro atoms. The van der Waals surface area contributed by atoms with Gasteiger partial charge in [-0.1, -0.05) is 158 Å². The molecule has 5 nitrogen and oxygen atoms in total. The van der Waals surface area contributed by atoms with E-state index in [4.69, 9.17) is 19.4 Å². The molecule has 0 bridgehead atoms. The predicted octanol–water partition coefficient (Wildman–Crippen LogP) is 13.2. The maximum atomic E-state index is 6.71. The minimum Gasteiger partial charge on any atom is -0.456 e. The number of hydrogen-bond donors (Lipinski definition) is 0. The molecule has 0 unspecified atom stereocenters. The summed E-state index contributed by atoms with van der Waals surface area (Å²) in [5.74, 6) is 1.83. The lowest BCUT2D eigenvalue weighted by atomic mass is 10.0. The van der Waals surface area contributed by atoms with Gasteiger partial charge in [0.15, 0.2) is 17.5 Å². The van der Waals surface area contributed by atoms with Crippen molar-refractivity contribution in [3.63, 3.8) is 0 Å². The van der Waals surface area contributed by atoms with Gasteiger partial charge in [-0.2, -0.15) is 0 Å². The van der Waals surface area contributed by atoms with E-state index in [0.29, 0.717) is 17.5 Å². The molecule has 8 aromatic carbocycles. The Hall–Kier alpha value is -7.63. The third kappa shape index (κ3) is 5.37. The highest BCUT2D eigenvalue weighted by Crippen LogP contribution is 2.41. The van der Waals surface area contributed by atoms with E-state index in [9.17, 15) is 0 Å². The molecule has 3 heterocycles. The predicted molar refractivity (Wildman–Crippen MR) is 229 cm³/mol. The molecule has 0 aliphatic heterocycles. The maximum absolute atomic E-state index is 6.71. The van der Waals surface area contributed by atoms with Crippen molar-refractivity contribution in [2.24, 2.45) is 0 Å². The van der Waals surface area contributed by atoms with Gasteiger partial charge in [-0.05, 0) is 58.7 Å². The molecule has 11 rings (SSSR count). The maximum Gasteiger partial charge on any atom is 0.164 e. The Morgan fingerprint density at radius 1 is 0.321 bits per heavy atom. The quantitative estimate of drug-likeness (QED) is 0.172. The molecular formula is C51H32N4O. The van der Waals surface area contributed by atoms with Crippen molar-refractivity contribution in [3.05, 3.63) is 194 Å². The first-order valence-electron chi connectivity index (χ1n) is 18.8. The van der Waals surface area contributed by atoms with Crippen LogP contribution in [0.15, 0.2) is 199 Å². The van der Waals surface area contributed by atoms with Gasteiger partial charge in [0.25, 0.3) is 0 Å². The summed E-state index contributed by atoms with van der Waals surface area (Å²) < 4.78 is 9.12. The van der Waals surface area contributed by atoms with Gasteiger partial charge in [0.2, 0.25) is 0 Å². The summed E-state index contributed by atoms with van der Waals surface area (Å²) in [6.07, 6.45) is 0.